The number of carbonyl (C=O) groups excluding carboxylic acids is 1. The van der Waals surface area contributed by atoms with Crippen LogP contribution in [0.15, 0.2) is 53.9 Å². The molecule has 0 spiro atoms. The van der Waals surface area contributed by atoms with Crippen LogP contribution in [-0.4, -0.2) is 10.9 Å². The van der Waals surface area contributed by atoms with E-state index < -0.39 is 0 Å². The maximum absolute atomic E-state index is 12.2. The molecule has 2 N–H and O–H groups in total. The summed E-state index contributed by atoms with van der Waals surface area (Å²) in [5, 5.41) is 8.99. The fourth-order valence-corrected chi connectivity index (χ4v) is 2.90. The van der Waals surface area contributed by atoms with Gasteiger partial charge in [0.1, 0.15) is 5.82 Å². The van der Waals surface area contributed by atoms with Gasteiger partial charge in [-0.2, -0.15) is 0 Å². The van der Waals surface area contributed by atoms with Crippen molar-refractivity contribution in [2.24, 2.45) is 0 Å². The standard InChI is InChI=1S/C19H19N3OS/c1-13-5-3-4-6-17(13)20-11-15-7-9-16(10-8-15)19(23)22-18-12-24-14(2)21-18/h3-10,12,20H,11H2,1-2H3,(H,22,23). The molecule has 0 aliphatic carbocycles. The number of rotatable bonds is 5. The highest BCUT2D eigenvalue weighted by atomic mass is 32.1. The summed E-state index contributed by atoms with van der Waals surface area (Å²) in [5.41, 5.74) is 4.09. The molecular weight excluding hydrogens is 318 g/mol. The van der Waals surface area contributed by atoms with E-state index in [4.69, 9.17) is 0 Å². The van der Waals surface area contributed by atoms with E-state index in [-0.39, 0.29) is 5.91 Å². The second kappa shape index (κ2) is 7.27. The average molecular weight is 337 g/mol. The van der Waals surface area contributed by atoms with Gasteiger partial charge < -0.3 is 10.6 Å². The van der Waals surface area contributed by atoms with Gasteiger partial charge in [0.05, 0.1) is 5.01 Å². The first-order valence-electron chi connectivity index (χ1n) is 7.74. The Hall–Kier alpha value is -2.66. The van der Waals surface area contributed by atoms with Gasteiger partial charge in [0.15, 0.2) is 0 Å². The molecule has 0 atom stereocenters. The Morgan fingerprint density at radius 3 is 2.50 bits per heavy atom. The number of amides is 1. The molecule has 0 aliphatic heterocycles. The van der Waals surface area contributed by atoms with Gasteiger partial charge in [-0.05, 0) is 43.2 Å². The normalized spacial score (nSPS) is 10.4. The van der Waals surface area contributed by atoms with E-state index in [1.165, 1.54) is 16.9 Å². The van der Waals surface area contributed by atoms with Crippen LogP contribution in [0, 0.1) is 13.8 Å². The summed E-state index contributed by atoms with van der Waals surface area (Å²) >= 11 is 1.52. The molecule has 0 saturated carbocycles. The largest absolute Gasteiger partial charge is 0.381 e. The summed E-state index contributed by atoms with van der Waals surface area (Å²) < 4.78 is 0. The molecule has 0 aliphatic rings. The molecule has 0 fully saturated rings. The van der Waals surface area contributed by atoms with E-state index in [9.17, 15) is 4.79 Å². The Balaban J connectivity index is 1.60. The Morgan fingerprint density at radius 1 is 1.08 bits per heavy atom. The topological polar surface area (TPSA) is 54.0 Å². The molecule has 0 radical (unpaired) electrons. The molecule has 0 bridgehead atoms. The minimum atomic E-state index is -0.140. The monoisotopic (exact) mass is 337 g/mol. The summed E-state index contributed by atoms with van der Waals surface area (Å²) in [5.74, 6) is 0.464. The van der Waals surface area contributed by atoms with Crippen molar-refractivity contribution in [3.05, 3.63) is 75.6 Å². The first-order valence-corrected chi connectivity index (χ1v) is 8.62. The first kappa shape index (κ1) is 16.2. The number of anilines is 2. The SMILES string of the molecule is Cc1nc(NC(=O)c2ccc(CNc3ccccc3C)cc2)cs1. The highest BCUT2D eigenvalue weighted by Crippen LogP contribution is 2.16. The lowest BCUT2D eigenvalue weighted by Gasteiger charge is -2.10. The van der Waals surface area contributed by atoms with E-state index >= 15 is 0 Å². The number of hydrogen-bond acceptors (Lipinski definition) is 4. The van der Waals surface area contributed by atoms with Gasteiger partial charge in [-0.3, -0.25) is 4.79 Å². The van der Waals surface area contributed by atoms with E-state index in [0.29, 0.717) is 11.4 Å². The number of aromatic nitrogens is 1. The number of carbonyl (C=O) groups is 1. The zero-order chi connectivity index (χ0) is 16.9. The number of thiazole rings is 1. The maximum Gasteiger partial charge on any atom is 0.256 e. The van der Waals surface area contributed by atoms with E-state index in [2.05, 4.69) is 34.7 Å². The molecule has 122 valence electrons. The summed E-state index contributed by atoms with van der Waals surface area (Å²) in [4.78, 5) is 16.4. The van der Waals surface area contributed by atoms with Gasteiger partial charge in [-0.1, -0.05) is 30.3 Å². The molecule has 3 aromatic rings. The third-order valence-corrected chi connectivity index (χ3v) is 4.48. The molecule has 2 aromatic carbocycles. The predicted octanol–water partition coefficient (Wildman–Crippen LogP) is 4.62. The molecule has 24 heavy (non-hydrogen) atoms. The third kappa shape index (κ3) is 4.00. The minimum Gasteiger partial charge on any atom is -0.381 e. The van der Waals surface area contributed by atoms with Crippen molar-refractivity contribution >= 4 is 28.7 Å². The molecule has 3 rings (SSSR count). The van der Waals surface area contributed by atoms with Crippen LogP contribution >= 0.6 is 11.3 Å². The lowest BCUT2D eigenvalue weighted by Crippen LogP contribution is -2.12. The average Bonchev–Trinajstić information content (AvgIpc) is 2.99. The second-order valence-electron chi connectivity index (χ2n) is 5.57. The van der Waals surface area contributed by atoms with Crippen LogP contribution in [0.2, 0.25) is 0 Å². The lowest BCUT2D eigenvalue weighted by atomic mass is 10.1. The maximum atomic E-state index is 12.2. The van der Waals surface area contributed by atoms with Gasteiger partial charge in [-0.15, -0.1) is 11.3 Å². The Morgan fingerprint density at radius 2 is 1.83 bits per heavy atom. The molecule has 1 aromatic heterocycles. The lowest BCUT2D eigenvalue weighted by molar-refractivity contribution is 0.102. The number of nitrogens with one attached hydrogen (secondary N) is 2. The molecule has 1 amide bonds. The first-order chi connectivity index (χ1) is 11.6. The van der Waals surface area contributed by atoms with Crippen molar-refractivity contribution in [3.63, 3.8) is 0 Å². The van der Waals surface area contributed by atoms with Crippen molar-refractivity contribution in [1.29, 1.82) is 0 Å². The second-order valence-corrected chi connectivity index (χ2v) is 6.63. The molecular formula is C19H19N3OS. The Kier molecular flexibility index (Phi) is 4.91. The molecule has 1 heterocycles. The number of nitrogens with zero attached hydrogens (tertiary/aromatic N) is 1. The van der Waals surface area contributed by atoms with Crippen LogP contribution in [0.4, 0.5) is 11.5 Å². The quantitative estimate of drug-likeness (QED) is 0.714. The van der Waals surface area contributed by atoms with Crippen molar-refractivity contribution in [1.82, 2.24) is 4.98 Å². The van der Waals surface area contributed by atoms with Crippen LogP contribution < -0.4 is 10.6 Å². The smallest absolute Gasteiger partial charge is 0.256 e. The van der Waals surface area contributed by atoms with E-state index in [1.807, 2.05) is 48.7 Å². The Labute approximate surface area is 145 Å². The van der Waals surface area contributed by atoms with Crippen LogP contribution in [0.1, 0.15) is 26.5 Å². The van der Waals surface area contributed by atoms with Crippen LogP contribution in [0.3, 0.4) is 0 Å². The van der Waals surface area contributed by atoms with Crippen LogP contribution in [-0.2, 0) is 6.54 Å². The van der Waals surface area contributed by atoms with Gasteiger partial charge in [0.25, 0.3) is 5.91 Å². The third-order valence-electron chi connectivity index (χ3n) is 3.70. The van der Waals surface area contributed by atoms with E-state index in [0.717, 1.165) is 22.8 Å². The van der Waals surface area contributed by atoms with Crippen LogP contribution in [0.25, 0.3) is 0 Å². The minimum absolute atomic E-state index is 0.140. The highest BCUT2D eigenvalue weighted by molar-refractivity contribution is 7.09. The summed E-state index contributed by atoms with van der Waals surface area (Å²) in [6.07, 6.45) is 0. The van der Waals surface area contributed by atoms with Gasteiger partial charge in [0, 0.05) is 23.2 Å². The number of aryl methyl sites for hydroxylation is 2. The van der Waals surface area contributed by atoms with Crippen LogP contribution in [0.5, 0.6) is 0 Å². The zero-order valence-corrected chi connectivity index (χ0v) is 14.5. The zero-order valence-electron chi connectivity index (χ0n) is 13.7. The van der Waals surface area contributed by atoms with Crippen molar-refractivity contribution in [2.75, 3.05) is 10.6 Å². The fraction of sp³-hybridized carbons (Fsp3) is 0.158. The fourth-order valence-electron chi connectivity index (χ4n) is 2.35. The summed E-state index contributed by atoms with van der Waals surface area (Å²) in [6.45, 7) is 4.71. The van der Waals surface area contributed by atoms with Crippen molar-refractivity contribution in [2.45, 2.75) is 20.4 Å². The Bertz CT molecular complexity index is 840. The molecule has 5 heteroatoms. The number of benzene rings is 2. The molecule has 0 unspecified atom stereocenters. The predicted molar refractivity (Wildman–Crippen MR) is 99.8 cm³/mol. The number of hydrogen-bond donors (Lipinski definition) is 2. The van der Waals surface area contributed by atoms with Gasteiger partial charge >= 0.3 is 0 Å². The van der Waals surface area contributed by atoms with Crippen molar-refractivity contribution in [3.8, 4) is 0 Å². The van der Waals surface area contributed by atoms with E-state index in [1.54, 1.807) is 0 Å². The van der Waals surface area contributed by atoms with Crippen molar-refractivity contribution < 1.29 is 4.79 Å². The molecule has 4 nitrogen and oxygen atoms in total. The van der Waals surface area contributed by atoms with Gasteiger partial charge in [-0.25, -0.2) is 4.98 Å². The highest BCUT2D eigenvalue weighted by Gasteiger charge is 2.08. The summed E-state index contributed by atoms with van der Waals surface area (Å²) in [6, 6.07) is 15.8. The summed E-state index contributed by atoms with van der Waals surface area (Å²) in [7, 11) is 0. The number of para-hydroxylation sites is 1. The van der Waals surface area contributed by atoms with Gasteiger partial charge in [0.2, 0.25) is 0 Å². The molecule has 0 saturated heterocycles.